The Morgan fingerprint density at radius 1 is 1.24 bits per heavy atom. The number of amides is 1. The number of anilines is 2. The third kappa shape index (κ3) is 3.49. The quantitative estimate of drug-likeness (QED) is 0.441. The summed E-state index contributed by atoms with van der Waals surface area (Å²) in [6, 6.07) is 14.9. The van der Waals surface area contributed by atoms with Gasteiger partial charge in [0.1, 0.15) is 23.6 Å². The van der Waals surface area contributed by atoms with Crippen LogP contribution in [0.4, 0.5) is 11.5 Å². The molecular weight excluding hydrogens is 416 g/mol. The summed E-state index contributed by atoms with van der Waals surface area (Å²) in [4.78, 5) is 23.2. The summed E-state index contributed by atoms with van der Waals surface area (Å²) in [7, 11) is 0. The smallest absolute Gasteiger partial charge is 0.250 e. The number of hydrogen-bond acceptors (Lipinski definition) is 6. The Morgan fingerprint density at radius 2 is 2.00 bits per heavy atom. The lowest BCUT2D eigenvalue weighted by molar-refractivity contribution is -0.114. The summed E-state index contributed by atoms with van der Waals surface area (Å²) in [6.07, 6.45) is 4.41. The molecule has 8 nitrogen and oxygen atoms in total. The molecule has 0 bridgehead atoms. The average molecular weight is 441 g/mol. The fourth-order valence-electron chi connectivity index (χ4n) is 4.15. The van der Waals surface area contributed by atoms with E-state index in [0.717, 1.165) is 29.7 Å². The van der Waals surface area contributed by atoms with Crippen LogP contribution in [0.3, 0.4) is 0 Å². The third-order valence-electron chi connectivity index (χ3n) is 6.21. The summed E-state index contributed by atoms with van der Waals surface area (Å²) in [5, 5.41) is 15.8. The lowest BCUT2D eigenvalue weighted by Gasteiger charge is -2.27. The first-order chi connectivity index (χ1) is 15.9. The van der Waals surface area contributed by atoms with Crippen LogP contribution in [0.2, 0.25) is 0 Å². The van der Waals surface area contributed by atoms with Crippen LogP contribution in [0.15, 0.2) is 67.5 Å². The summed E-state index contributed by atoms with van der Waals surface area (Å²) in [5.74, 6) is 0.319. The molecule has 166 valence electrons. The van der Waals surface area contributed by atoms with Crippen molar-refractivity contribution in [2.45, 2.75) is 25.3 Å². The number of nitrogens with two attached hydrogens (primary N) is 1. The van der Waals surface area contributed by atoms with Crippen LogP contribution < -0.4 is 10.6 Å². The first-order valence-corrected chi connectivity index (χ1v) is 10.7. The summed E-state index contributed by atoms with van der Waals surface area (Å²) in [6.45, 7) is 5.93. The summed E-state index contributed by atoms with van der Waals surface area (Å²) < 4.78 is 1.87. The Morgan fingerprint density at radius 3 is 2.67 bits per heavy atom. The minimum absolute atomic E-state index is 0.179. The maximum atomic E-state index is 12.8. The van der Waals surface area contributed by atoms with Gasteiger partial charge in [0.2, 0.25) is 5.91 Å². The Hall–Kier alpha value is -4.20. The van der Waals surface area contributed by atoms with Crippen molar-refractivity contribution >= 4 is 28.4 Å². The number of benzene rings is 2. The van der Waals surface area contributed by atoms with Crippen molar-refractivity contribution in [2.24, 2.45) is 0 Å². The SMILES string of the molecule is C=CC(=O)N(CC1(n2nc(-c3ccc(C)c(O)c3)c3c(N)ncnc32)CC1)c1ccccc1. The van der Waals surface area contributed by atoms with E-state index in [0.29, 0.717) is 29.1 Å². The normalized spacial score (nSPS) is 14.2. The van der Waals surface area contributed by atoms with E-state index in [9.17, 15) is 9.90 Å². The molecule has 8 heteroatoms. The fraction of sp³-hybridized carbons (Fsp3) is 0.200. The number of rotatable bonds is 6. The second-order valence-electron chi connectivity index (χ2n) is 8.41. The zero-order valence-electron chi connectivity index (χ0n) is 18.3. The molecule has 1 fully saturated rings. The standard InChI is InChI=1S/C25H24N6O2/c1-3-20(33)30(18-7-5-4-6-8-18)14-25(11-12-25)31-24-21(23(26)27-15-28-24)22(29-31)17-10-9-16(2)19(32)13-17/h3-10,13,15,32H,1,11-12,14H2,2H3,(H2,26,27,28). The highest BCUT2D eigenvalue weighted by molar-refractivity contribution is 6.01. The number of aromatic hydroxyl groups is 1. The molecule has 0 radical (unpaired) electrons. The second-order valence-corrected chi connectivity index (χ2v) is 8.41. The van der Waals surface area contributed by atoms with Crippen molar-refractivity contribution < 1.29 is 9.90 Å². The minimum atomic E-state index is -0.432. The number of phenolic OH excluding ortho intramolecular Hbond substituents is 1. The van der Waals surface area contributed by atoms with Crippen LogP contribution in [0, 0.1) is 6.92 Å². The highest BCUT2D eigenvalue weighted by Gasteiger charge is 2.49. The number of nitrogen functional groups attached to an aromatic ring is 1. The number of aromatic nitrogens is 4. The van der Waals surface area contributed by atoms with E-state index in [1.54, 1.807) is 11.0 Å². The molecule has 5 rings (SSSR count). The molecule has 2 heterocycles. The molecule has 0 spiro atoms. The van der Waals surface area contributed by atoms with Gasteiger partial charge >= 0.3 is 0 Å². The van der Waals surface area contributed by atoms with Crippen molar-refractivity contribution in [3.05, 3.63) is 73.1 Å². The van der Waals surface area contributed by atoms with Crippen LogP contribution in [-0.4, -0.2) is 37.3 Å². The molecule has 4 aromatic rings. The van der Waals surface area contributed by atoms with Crippen molar-refractivity contribution in [2.75, 3.05) is 17.2 Å². The van der Waals surface area contributed by atoms with Gasteiger partial charge in [0.05, 0.1) is 17.5 Å². The average Bonchev–Trinajstić information content (AvgIpc) is 3.50. The van der Waals surface area contributed by atoms with Crippen LogP contribution in [0.1, 0.15) is 18.4 Å². The summed E-state index contributed by atoms with van der Waals surface area (Å²) >= 11 is 0. The van der Waals surface area contributed by atoms with Gasteiger partial charge in [0.15, 0.2) is 5.65 Å². The molecule has 1 aliphatic carbocycles. The van der Waals surface area contributed by atoms with Crippen molar-refractivity contribution in [1.29, 1.82) is 0 Å². The molecule has 2 aromatic carbocycles. The number of phenols is 1. The predicted octanol–water partition coefficient (Wildman–Crippen LogP) is 3.80. The minimum Gasteiger partial charge on any atom is -0.508 e. The first-order valence-electron chi connectivity index (χ1n) is 10.7. The van der Waals surface area contributed by atoms with E-state index < -0.39 is 5.54 Å². The molecule has 33 heavy (non-hydrogen) atoms. The molecular formula is C25H24N6O2. The lowest BCUT2D eigenvalue weighted by Crippen LogP contribution is -2.39. The number of fused-ring (bicyclic) bond motifs is 1. The molecule has 0 saturated heterocycles. The highest BCUT2D eigenvalue weighted by Crippen LogP contribution is 2.47. The Balaban J connectivity index is 1.64. The number of aryl methyl sites for hydroxylation is 1. The van der Waals surface area contributed by atoms with Gasteiger partial charge in [0, 0.05) is 11.3 Å². The lowest BCUT2D eigenvalue weighted by atomic mass is 10.1. The van der Waals surface area contributed by atoms with Crippen molar-refractivity contribution in [3.63, 3.8) is 0 Å². The van der Waals surface area contributed by atoms with Gasteiger partial charge < -0.3 is 15.7 Å². The second kappa shape index (κ2) is 7.74. The first kappa shape index (κ1) is 20.7. The van der Waals surface area contributed by atoms with E-state index in [1.165, 1.54) is 12.4 Å². The molecule has 3 N–H and O–H groups in total. The number of carbonyl (C=O) groups is 1. The Bertz CT molecular complexity index is 1370. The van der Waals surface area contributed by atoms with Crippen LogP contribution in [-0.2, 0) is 10.3 Å². The zero-order valence-corrected chi connectivity index (χ0v) is 18.3. The summed E-state index contributed by atoms with van der Waals surface area (Å²) in [5.41, 5.74) is 9.32. The van der Waals surface area contributed by atoms with Gasteiger partial charge in [-0.05, 0) is 49.6 Å². The van der Waals surface area contributed by atoms with E-state index >= 15 is 0 Å². The van der Waals surface area contributed by atoms with E-state index in [-0.39, 0.29) is 11.7 Å². The van der Waals surface area contributed by atoms with E-state index in [2.05, 4.69) is 16.5 Å². The van der Waals surface area contributed by atoms with Gasteiger partial charge in [-0.2, -0.15) is 5.10 Å². The number of hydrogen-bond donors (Lipinski definition) is 2. The molecule has 2 aromatic heterocycles. The Labute approximate surface area is 191 Å². The maximum Gasteiger partial charge on any atom is 0.250 e. The molecule has 0 aliphatic heterocycles. The van der Waals surface area contributed by atoms with Crippen molar-refractivity contribution in [1.82, 2.24) is 19.7 Å². The van der Waals surface area contributed by atoms with Crippen LogP contribution in [0.25, 0.3) is 22.3 Å². The van der Waals surface area contributed by atoms with Gasteiger partial charge in [-0.3, -0.25) is 4.79 Å². The van der Waals surface area contributed by atoms with E-state index in [4.69, 9.17) is 10.8 Å². The third-order valence-corrected chi connectivity index (χ3v) is 6.21. The number of carbonyl (C=O) groups excluding carboxylic acids is 1. The molecule has 0 unspecified atom stereocenters. The largest absolute Gasteiger partial charge is 0.508 e. The number of nitrogens with zero attached hydrogens (tertiary/aromatic N) is 5. The monoisotopic (exact) mass is 440 g/mol. The maximum absolute atomic E-state index is 12.8. The molecule has 1 saturated carbocycles. The zero-order chi connectivity index (χ0) is 23.2. The van der Waals surface area contributed by atoms with E-state index in [1.807, 2.05) is 54.1 Å². The Kier molecular flexibility index (Phi) is 4.85. The van der Waals surface area contributed by atoms with Gasteiger partial charge in [-0.25, -0.2) is 14.6 Å². The highest BCUT2D eigenvalue weighted by atomic mass is 16.3. The van der Waals surface area contributed by atoms with Crippen molar-refractivity contribution in [3.8, 4) is 17.0 Å². The molecule has 1 amide bonds. The van der Waals surface area contributed by atoms with Crippen LogP contribution >= 0.6 is 0 Å². The molecule has 1 aliphatic rings. The predicted molar refractivity (Wildman–Crippen MR) is 128 cm³/mol. The van der Waals surface area contributed by atoms with Crippen LogP contribution in [0.5, 0.6) is 5.75 Å². The number of para-hydroxylation sites is 1. The topological polar surface area (TPSA) is 110 Å². The molecule has 0 atom stereocenters. The van der Waals surface area contributed by atoms with Gasteiger partial charge in [-0.1, -0.05) is 36.9 Å². The van der Waals surface area contributed by atoms with Gasteiger partial charge in [-0.15, -0.1) is 0 Å². The van der Waals surface area contributed by atoms with Gasteiger partial charge in [0.25, 0.3) is 0 Å². The fourth-order valence-corrected chi connectivity index (χ4v) is 4.15.